The maximum absolute atomic E-state index is 12.3. The Morgan fingerprint density at radius 1 is 1.25 bits per heavy atom. The first-order valence-electron chi connectivity index (χ1n) is 8.59. The van der Waals surface area contributed by atoms with Gasteiger partial charge in [-0.2, -0.15) is 0 Å². The van der Waals surface area contributed by atoms with Crippen molar-refractivity contribution in [3.05, 3.63) is 52.2 Å². The lowest BCUT2D eigenvalue weighted by Crippen LogP contribution is -2.38. The predicted molar refractivity (Wildman–Crippen MR) is 102 cm³/mol. The number of rotatable bonds is 5. The largest absolute Gasteiger partial charge is 0.361 e. The highest BCUT2D eigenvalue weighted by Gasteiger charge is 2.28. The highest BCUT2D eigenvalue weighted by Crippen LogP contribution is 2.36. The fourth-order valence-electron chi connectivity index (χ4n) is 3.29. The summed E-state index contributed by atoms with van der Waals surface area (Å²) in [6.07, 6.45) is 1.63. The van der Waals surface area contributed by atoms with E-state index in [2.05, 4.69) is 72.8 Å². The molecule has 0 aliphatic carbocycles. The smallest absolute Gasteiger partial charge is 0.220 e. The van der Waals surface area contributed by atoms with Crippen molar-refractivity contribution in [2.75, 3.05) is 18.0 Å². The molecule has 1 atom stereocenters. The third-order valence-electron chi connectivity index (χ3n) is 4.35. The fourth-order valence-corrected chi connectivity index (χ4v) is 4.13. The van der Waals surface area contributed by atoms with Gasteiger partial charge in [-0.05, 0) is 34.9 Å². The molecule has 0 fully saturated rings. The second-order valence-electron chi connectivity index (χ2n) is 7.64. The lowest BCUT2D eigenvalue weighted by Gasteiger charge is -2.30. The minimum Gasteiger partial charge on any atom is -0.361 e. The number of thiophene rings is 1. The van der Waals surface area contributed by atoms with Crippen molar-refractivity contribution in [3.63, 3.8) is 0 Å². The topological polar surface area (TPSA) is 32.3 Å². The van der Waals surface area contributed by atoms with E-state index in [0.29, 0.717) is 13.0 Å². The number of para-hydroxylation sites is 1. The molecule has 1 N–H and O–H groups in total. The molecule has 1 aromatic carbocycles. The van der Waals surface area contributed by atoms with Crippen molar-refractivity contribution in [1.29, 1.82) is 0 Å². The highest BCUT2D eigenvalue weighted by atomic mass is 32.1. The molecule has 3 rings (SSSR count). The minimum atomic E-state index is 0.0166. The van der Waals surface area contributed by atoms with Crippen LogP contribution in [0.2, 0.25) is 0 Å². The third-order valence-corrected chi connectivity index (χ3v) is 5.33. The van der Waals surface area contributed by atoms with Crippen molar-refractivity contribution in [2.45, 2.75) is 39.7 Å². The number of amides is 1. The van der Waals surface area contributed by atoms with Gasteiger partial charge >= 0.3 is 0 Å². The SMILES string of the molecule is CC(C)(C)CC(=O)NC[C@H](c1cccs1)N1CCc2ccccc21. The van der Waals surface area contributed by atoms with Crippen molar-refractivity contribution in [3.8, 4) is 0 Å². The van der Waals surface area contributed by atoms with E-state index in [-0.39, 0.29) is 17.4 Å². The van der Waals surface area contributed by atoms with Gasteiger partial charge in [-0.25, -0.2) is 0 Å². The first-order valence-corrected chi connectivity index (χ1v) is 9.47. The average Bonchev–Trinajstić information content (AvgIpc) is 3.16. The maximum Gasteiger partial charge on any atom is 0.220 e. The second-order valence-corrected chi connectivity index (χ2v) is 8.62. The van der Waals surface area contributed by atoms with E-state index in [4.69, 9.17) is 0 Å². The predicted octanol–water partition coefficient (Wildman–Crippen LogP) is 4.40. The molecule has 0 bridgehead atoms. The zero-order valence-electron chi connectivity index (χ0n) is 14.7. The molecule has 4 heteroatoms. The summed E-state index contributed by atoms with van der Waals surface area (Å²) in [5.74, 6) is 0.136. The third kappa shape index (κ3) is 3.99. The van der Waals surface area contributed by atoms with Crippen molar-refractivity contribution < 1.29 is 4.79 Å². The minimum absolute atomic E-state index is 0.0166. The number of nitrogens with one attached hydrogen (secondary N) is 1. The highest BCUT2D eigenvalue weighted by molar-refractivity contribution is 7.10. The number of hydrogen-bond donors (Lipinski definition) is 1. The van der Waals surface area contributed by atoms with Gasteiger partial charge in [0.2, 0.25) is 5.91 Å². The van der Waals surface area contributed by atoms with Crippen LogP contribution in [0.25, 0.3) is 0 Å². The molecule has 0 saturated carbocycles. The van der Waals surface area contributed by atoms with Crippen LogP contribution in [0.4, 0.5) is 5.69 Å². The van der Waals surface area contributed by atoms with Gasteiger partial charge in [0.1, 0.15) is 0 Å². The quantitative estimate of drug-likeness (QED) is 0.873. The Labute approximate surface area is 148 Å². The number of benzene rings is 1. The number of fused-ring (bicyclic) bond motifs is 1. The molecule has 0 saturated heterocycles. The first-order chi connectivity index (χ1) is 11.4. The van der Waals surface area contributed by atoms with Crippen LogP contribution < -0.4 is 10.2 Å². The van der Waals surface area contributed by atoms with E-state index in [1.165, 1.54) is 16.1 Å². The Morgan fingerprint density at radius 2 is 2.04 bits per heavy atom. The Bertz CT molecular complexity index is 688. The zero-order valence-corrected chi connectivity index (χ0v) is 15.5. The summed E-state index contributed by atoms with van der Waals surface area (Å²) in [5.41, 5.74) is 2.73. The fraction of sp³-hybridized carbons (Fsp3) is 0.450. The Balaban J connectivity index is 1.75. The van der Waals surface area contributed by atoms with Crippen molar-refractivity contribution >= 4 is 22.9 Å². The summed E-state index contributed by atoms with van der Waals surface area (Å²) in [5, 5.41) is 5.27. The van der Waals surface area contributed by atoms with E-state index in [0.717, 1.165) is 13.0 Å². The van der Waals surface area contributed by atoms with Gasteiger partial charge in [0.25, 0.3) is 0 Å². The number of anilines is 1. The summed E-state index contributed by atoms with van der Waals surface area (Å²) in [6.45, 7) is 7.96. The lowest BCUT2D eigenvalue weighted by molar-refractivity contribution is -0.122. The molecular weight excluding hydrogens is 316 g/mol. The van der Waals surface area contributed by atoms with Crippen molar-refractivity contribution in [1.82, 2.24) is 5.32 Å². The van der Waals surface area contributed by atoms with Crippen LogP contribution in [0.5, 0.6) is 0 Å². The van der Waals surface area contributed by atoms with Gasteiger partial charge in [0, 0.05) is 30.1 Å². The summed E-state index contributed by atoms with van der Waals surface area (Å²) in [6, 6.07) is 13.1. The van der Waals surface area contributed by atoms with Gasteiger partial charge in [-0.3, -0.25) is 4.79 Å². The normalized spacial score (nSPS) is 15.2. The van der Waals surface area contributed by atoms with E-state index in [1.807, 2.05) is 0 Å². The number of carbonyl (C=O) groups excluding carboxylic acids is 1. The van der Waals surface area contributed by atoms with E-state index in [9.17, 15) is 4.79 Å². The van der Waals surface area contributed by atoms with E-state index < -0.39 is 0 Å². The molecular formula is C20H26N2OS. The van der Waals surface area contributed by atoms with Crippen LogP contribution >= 0.6 is 11.3 Å². The second kappa shape index (κ2) is 6.98. The van der Waals surface area contributed by atoms with Crippen LogP contribution in [0.1, 0.15) is 43.7 Å². The first kappa shape index (κ1) is 17.0. The molecule has 2 heterocycles. The number of carbonyl (C=O) groups is 1. The van der Waals surface area contributed by atoms with Crippen LogP contribution in [-0.2, 0) is 11.2 Å². The van der Waals surface area contributed by atoms with Gasteiger partial charge in [-0.1, -0.05) is 45.0 Å². The maximum atomic E-state index is 12.3. The van der Waals surface area contributed by atoms with E-state index in [1.54, 1.807) is 11.3 Å². The monoisotopic (exact) mass is 342 g/mol. The summed E-state index contributed by atoms with van der Waals surface area (Å²) in [4.78, 5) is 16.0. The Kier molecular flexibility index (Phi) is 4.95. The van der Waals surface area contributed by atoms with Crippen molar-refractivity contribution in [2.24, 2.45) is 5.41 Å². The molecule has 0 unspecified atom stereocenters. The molecule has 1 aliphatic heterocycles. The molecule has 2 aromatic rings. The molecule has 1 aromatic heterocycles. The van der Waals surface area contributed by atoms with Crippen LogP contribution in [0, 0.1) is 5.41 Å². The standard InChI is InChI=1S/C20H26N2OS/c1-20(2,3)13-19(23)21-14-17(18-9-6-12-24-18)22-11-10-15-7-4-5-8-16(15)22/h4-9,12,17H,10-11,13-14H2,1-3H3,(H,21,23)/t17-/m1/s1. The Morgan fingerprint density at radius 3 is 2.75 bits per heavy atom. The van der Waals surface area contributed by atoms with Crippen LogP contribution in [-0.4, -0.2) is 19.0 Å². The summed E-state index contributed by atoms with van der Waals surface area (Å²) < 4.78 is 0. The average molecular weight is 343 g/mol. The Hall–Kier alpha value is -1.81. The molecule has 0 radical (unpaired) electrons. The van der Waals surface area contributed by atoms with Crippen LogP contribution in [0.15, 0.2) is 41.8 Å². The van der Waals surface area contributed by atoms with Gasteiger partial charge in [-0.15, -0.1) is 11.3 Å². The molecule has 3 nitrogen and oxygen atoms in total. The van der Waals surface area contributed by atoms with Gasteiger partial charge < -0.3 is 10.2 Å². The lowest BCUT2D eigenvalue weighted by atomic mass is 9.92. The zero-order chi connectivity index (χ0) is 17.2. The number of nitrogens with zero attached hydrogens (tertiary/aromatic N) is 1. The van der Waals surface area contributed by atoms with Gasteiger partial charge in [0.05, 0.1) is 6.04 Å². The van der Waals surface area contributed by atoms with E-state index >= 15 is 0 Å². The molecule has 1 aliphatic rings. The van der Waals surface area contributed by atoms with Gasteiger partial charge in [0.15, 0.2) is 0 Å². The summed E-state index contributed by atoms with van der Waals surface area (Å²) >= 11 is 1.76. The number of hydrogen-bond acceptors (Lipinski definition) is 3. The molecule has 1 amide bonds. The molecule has 0 spiro atoms. The summed E-state index contributed by atoms with van der Waals surface area (Å²) in [7, 11) is 0. The molecule has 24 heavy (non-hydrogen) atoms. The van der Waals surface area contributed by atoms with Crippen LogP contribution in [0.3, 0.4) is 0 Å². The molecule has 128 valence electrons.